The average molecular weight is 586 g/mol. The van der Waals surface area contributed by atoms with Crippen LogP contribution in [0.3, 0.4) is 0 Å². The van der Waals surface area contributed by atoms with Gasteiger partial charge in [0.05, 0.1) is 11.9 Å². The quantitative estimate of drug-likeness (QED) is 0.287. The second kappa shape index (κ2) is 14.7. The van der Waals surface area contributed by atoms with Gasteiger partial charge in [-0.05, 0) is 54.3 Å². The van der Waals surface area contributed by atoms with Gasteiger partial charge in [0.2, 0.25) is 21.8 Å². The number of nitrogens with zero attached hydrogens (tertiary/aromatic N) is 2. The van der Waals surface area contributed by atoms with Crippen LogP contribution in [0.1, 0.15) is 37.8 Å². The number of rotatable bonds is 14. The molecule has 214 valence electrons. The molecule has 3 rings (SSSR count). The van der Waals surface area contributed by atoms with Gasteiger partial charge in [-0.25, -0.2) is 8.42 Å². The highest BCUT2D eigenvalue weighted by Gasteiger charge is 2.32. The number of carbonyl (C=O) groups is 2. The first kappa shape index (κ1) is 31.0. The van der Waals surface area contributed by atoms with Crippen LogP contribution in [0.15, 0.2) is 78.9 Å². The minimum Gasteiger partial charge on any atom is -0.489 e. The van der Waals surface area contributed by atoms with Crippen molar-refractivity contribution in [3.05, 3.63) is 95.0 Å². The highest BCUT2D eigenvalue weighted by molar-refractivity contribution is 7.92. The normalized spacial score (nSPS) is 11.9. The van der Waals surface area contributed by atoms with Crippen molar-refractivity contribution < 1.29 is 22.7 Å². The number of benzene rings is 3. The molecule has 3 aromatic rings. The van der Waals surface area contributed by atoms with Crippen molar-refractivity contribution in [1.29, 1.82) is 0 Å². The lowest BCUT2D eigenvalue weighted by atomic mass is 10.1. The predicted octanol–water partition coefficient (Wildman–Crippen LogP) is 5.02. The van der Waals surface area contributed by atoms with E-state index in [1.165, 1.54) is 4.90 Å². The molecule has 0 bridgehead atoms. The minimum absolute atomic E-state index is 0.0560. The van der Waals surface area contributed by atoms with Gasteiger partial charge in [0, 0.05) is 18.1 Å². The molecule has 0 fully saturated rings. The standard InChI is InChI=1S/C30H36ClN3O5S/c1-4-19-32-30(36)28(5-2)33(20-24-13-9-10-14-27(24)31)29(35)21-34(40(3,37)38)25-15-17-26(18-16-25)39-22-23-11-7-6-8-12-23/h6-18,28H,4-5,19-22H2,1-3H3,(H,32,36). The first-order valence-electron chi connectivity index (χ1n) is 13.2. The van der Waals surface area contributed by atoms with Crippen molar-refractivity contribution in [2.75, 3.05) is 23.7 Å². The Bertz CT molecular complexity index is 1370. The molecular formula is C30H36ClN3O5S. The maximum Gasteiger partial charge on any atom is 0.244 e. The van der Waals surface area contributed by atoms with E-state index in [0.29, 0.717) is 41.6 Å². The number of hydrogen-bond donors (Lipinski definition) is 1. The van der Waals surface area contributed by atoms with Crippen LogP contribution < -0.4 is 14.4 Å². The van der Waals surface area contributed by atoms with Crippen LogP contribution in [0.25, 0.3) is 0 Å². The molecule has 0 saturated heterocycles. The summed E-state index contributed by atoms with van der Waals surface area (Å²) in [6.07, 6.45) is 2.13. The molecule has 1 unspecified atom stereocenters. The molecule has 0 aliphatic heterocycles. The minimum atomic E-state index is -3.84. The molecule has 0 aliphatic carbocycles. The fraction of sp³-hybridized carbons (Fsp3) is 0.333. The van der Waals surface area contributed by atoms with Crippen molar-refractivity contribution in [2.45, 2.75) is 45.9 Å². The second-order valence-electron chi connectivity index (χ2n) is 9.37. The van der Waals surface area contributed by atoms with Crippen LogP contribution in [-0.4, -0.2) is 50.5 Å². The summed E-state index contributed by atoms with van der Waals surface area (Å²) in [4.78, 5) is 28.2. The highest BCUT2D eigenvalue weighted by Crippen LogP contribution is 2.24. The van der Waals surface area contributed by atoms with Gasteiger partial charge in [-0.2, -0.15) is 0 Å². The monoisotopic (exact) mass is 585 g/mol. The van der Waals surface area contributed by atoms with E-state index in [1.54, 1.807) is 48.5 Å². The summed E-state index contributed by atoms with van der Waals surface area (Å²) >= 11 is 6.38. The maximum absolute atomic E-state index is 13.8. The molecule has 0 aliphatic rings. The van der Waals surface area contributed by atoms with Crippen LogP contribution in [0.5, 0.6) is 5.75 Å². The first-order valence-corrected chi connectivity index (χ1v) is 15.4. The Morgan fingerprint density at radius 1 is 0.950 bits per heavy atom. The fourth-order valence-corrected chi connectivity index (χ4v) is 5.20. The first-order chi connectivity index (χ1) is 19.1. The number of amides is 2. The van der Waals surface area contributed by atoms with Crippen molar-refractivity contribution in [2.24, 2.45) is 0 Å². The second-order valence-corrected chi connectivity index (χ2v) is 11.7. The van der Waals surface area contributed by atoms with Gasteiger partial charge in [-0.1, -0.05) is 74.0 Å². The molecule has 2 amide bonds. The summed E-state index contributed by atoms with van der Waals surface area (Å²) in [6.45, 7) is 4.16. The van der Waals surface area contributed by atoms with Gasteiger partial charge in [0.15, 0.2) is 0 Å². The van der Waals surface area contributed by atoms with Gasteiger partial charge in [-0.3, -0.25) is 13.9 Å². The van der Waals surface area contributed by atoms with Crippen molar-refractivity contribution >= 4 is 39.1 Å². The molecule has 0 aromatic heterocycles. The number of ether oxygens (including phenoxy) is 1. The Morgan fingerprint density at radius 3 is 2.20 bits per heavy atom. The highest BCUT2D eigenvalue weighted by atomic mass is 35.5. The molecule has 0 saturated carbocycles. The van der Waals surface area contributed by atoms with E-state index in [4.69, 9.17) is 16.3 Å². The van der Waals surface area contributed by atoms with Gasteiger partial charge < -0.3 is 15.0 Å². The summed E-state index contributed by atoms with van der Waals surface area (Å²) in [7, 11) is -3.84. The number of nitrogens with one attached hydrogen (secondary N) is 1. The number of sulfonamides is 1. The molecule has 0 spiro atoms. The van der Waals surface area contributed by atoms with Crippen LogP contribution in [0.4, 0.5) is 5.69 Å². The van der Waals surface area contributed by atoms with Gasteiger partial charge in [0.25, 0.3) is 0 Å². The summed E-state index contributed by atoms with van der Waals surface area (Å²) in [6, 6.07) is 22.5. The molecular weight excluding hydrogens is 550 g/mol. The topological polar surface area (TPSA) is 96.0 Å². The van der Waals surface area contributed by atoms with Crippen LogP contribution in [0, 0.1) is 0 Å². The third-order valence-electron chi connectivity index (χ3n) is 6.29. The van der Waals surface area contributed by atoms with Crippen molar-refractivity contribution in [3.63, 3.8) is 0 Å². The van der Waals surface area contributed by atoms with E-state index >= 15 is 0 Å². The number of halogens is 1. The summed E-state index contributed by atoms with van der Waals surface area (Å²) < 4.78 is 32.5. The van der Waals surface area contributed by atoms with E-state index in [-0.39, 0.29) is 12.5 Å². The van der Waals surface area contributed by atoms with E-state index < -0.39 is 28.5 Å². The lowest BCUT2D eigenvalue weighted by Gasteiger charge is -2.33. The van der Waals surface area contributed by atoms with E-state index in [1.807, 2.05) is 44.2 Å². The van der Waals surface area contributed by atoms with Gasteiger partial charge in [0.1, 0.15) is 24.9 Å². The number of anilines is 1. The van der Waals surface area contributed by atoms with E-state index in [9.17, 15) is 18.0 Å². The molecule has 0 radical (unpaired) electrons. The zero-order chi connectivity index (χ0) is 29.1. The zero-order valence-corrected chi connectivity index (χ0v) is 24.6. The smallest absolute Gasteiger partial charge is 0.244 e. The number of hydrogen-bond acceptors (Lipinski definition) is 5. The average Bonchev–Trinajstić information content (AvgIpc) is 2.94. The largest absolute Gasteiger partial charge is 0.489 e. The van der Waals surface area contributed by atoms with E-state index in [2.05, 4.69) is 5.32 Å². The maximum atomic E-state index is 13.8. The Morgan fingerprint density at radius 2 is 1.60 bits per heavy atom. The lowest BCUT2D eigenvalue weighted by molar-refractivity contribution is -0.140. The zero-order valence-electron chi connectivity index (χ0n) is 23.0. The Balaban J connectivity index is 1.85. The Labute approximate surface area is 241 Å². The molecule has 1 N–H and O–H groups in total. The third-order valence-corrected chi connectivity index (χ3v) is 7.80. The lowest BCUT2D eigenvalue weighted by Crippen LogP contribution is -2.52. The van der Waals surface area contributed by atoms with E-state index in [0.717, 1.165) is 22.5 Å². The van der Waals surface area contributed by atoms with Crippen LogP contribution in [0.2, 0.25) is 5.02 Å². The fourth-order valence-electron chi connectivity index (χ4n) is 4.16. The molecule has 8 nitrogen and oxygen atoms in total. The summed E-state index contributed by atoms with van der Waals surface area (Å²) in [5.41, 5.74) is 1.97. The third kappa shape index (κ3) is 8.72. The van der Waals surface area contributed by atoms with Crippen LogP contribution in [-0.2, 0) is 32.8 Å². The van der Waals surface area contributed by atoms with Gasteiger partial charge >= 0.3 is 0 Å². The van der Waals surface area contributed by atoms with Crippen molar-refractivity contribution in [1.82, 2.24) is 10.2 Å². The van der Waals surface area contributed by atoms with Crippen molar-refractivity contribution in [3.8, 4) is 5.75 Å². The number of carbonyl (C=O) groups excluding carboxylic acids is 2. The molecule has 3 aromatic carbocycles. The SMILES string of the molecule is CCCNC(=O)C(CC)N(Cc1ccccc1Cl)C(=O)CN(c1ccc(OCc2ccccc2)cc1)S(C)(=O)=O. The molecule has 10 heteroatoms. The summed E-state index contributed by atoms with van der Waals surface area (Å²) in [5.74, 6) is -0.254. The molecule has 0 heterocycles. The van der Waals surface area contributed by atoms with Gasteiger partial charge in [-0.15, -0.1) is 0 Å². The molecule has 40 heavy (non-hydrogen) atoms. The van der Waals surface area contributed by atoms with Crippen LogP contribution >= 0.6 is 11.6 Å². The Hall–Kier alpha value is -3.56. The Kier molecular flexibility index (Phi) is 11.4. The predicted molar refractivity (Wildman–Crippen MR) is 159 cm³/mol. The summed E-state index contributed by atoms with van der Waals surface area (Å²) in [5, 5.41) is 3.31. The molecule has 1 atom stereocenters.